The van der Waals surface area contributed by atoms with Crippen LogP contribution in [0.3, 0.4) is 0 Å². The van der Waals surface area contributed by atoms with E-state index in [0.29, 0.717) is 17.1 Å². The lowest BCUT2D eigenvalue weighted by atomic mass is 9.92. The first-order valence-electron chi connectivity index (χ1n) is 7.01. The topological polar surface area (TPSA) is 84.0 Å². The minimum atomic E-state index is -3.55. The number of hydrogen-bond acceptors (Lipinski definition) is 6. The van der Waals surface area contributed by atoms with E-state index in [1.807, 2.05) is 7.05 Å². The van der Waals surface area contributed by atoms with Crippen molar-refractivity contribution in [2.45, 2.75) is 42.7 Å². The fraction of sp³-hybridized carbons (Fsp3) is 0.538. The van der Waals surface area contributed by atoms with E-state index < -0.39 is 10.0 Å². The van der Waals surface area contributed by atoms with Crippen LogP contribution in [0.2, 0.25) is 0 Å². The van der Waals surface area contributed by atoms with Crippen LogP contribution in [-0.4, -0.2) is 36.3 Å². The summed E-state index contributed by atoms with van der Waals surface area (Å²) in [7, 11) is -1.60. The Labute approximate surface area is 128 Å². The van der Waals surface area contributed by atoms with E-state index >= 15 is 0 Å². The van der Waals surface area contributed by atoms with Crippen molar-refractivity contribution in [3.63, 3.8) is 0 Å². The molecule has 0 spiro atoms. The third-order valence-electron chi connectivity index (χ3n) is 4.00. The number of benzene rings is 1. The Morgan fingerprint density at radius 3 is 2.57 bits per heavy atom. The maximum atomic E-state index is 12.6. The molecule has 3 rings (SSSR count). The van der Waals surface area contributed by atoms with Crippen LogP contribution < -0.4 is 10.0 Å². The number of sulfonamides is 1. The SMILES string of the molecule is CNC1CCC(NS(=O)(=O)c2cccc3nsnc23)CC1. The van der Waals surface area contributed by atoms with Gasteiger partial charge in [0.1, 0.15) is 15.9 Å². The third kappa shape index (κ3) is 3.08. The van der Waals surface area contributed by atoms with Gasteiger partial charge in [-0.2, -0.15) is 8.75 Å². The zero-order valence-electron chi connectivity index (χ0n) is 11.7. The van der Waals surface area contributed by atoms with Gasteiger partial charge in [-0.15, -0.1) is 0 Å². The van der Waals surface area contributed by atoms with Crippen molar-refractivity contribution >= 4 is 32.8 Å². The average Bonchev–Trinajstić information content (AvgIpc) is 2.95. The van der Waals surface area contributed by atoms with Crippen molar-refractivity contribution in [2.75, 3.05) is 7.05 Å². The van der Waals surface area contributed by atoms with Crippen molar-refractivity contribution in [3.05, 3.63) is 18.2 Å². The Bertz CT molecular complexity index is 721. The van der Waals surface area contributed by atoms with Crippen molar-refractivity contribution in [2.24, 2.45) is 0 Å². The number of fused-ring (bicyclic) bond motifs is 1. The lowest BCUT2D eigenvalue weighted by molar-refractivity contribution is 0.343. The summed E-state index contributed by atoms with van der Waals surface area (Å²) in [6.45, 7) is 0. The molecule has 1 aliphatic carbocycles. The standard InChI is InChI=1S/C13H18N4O2S2/c1-14-9-5-7-10(8-6-9)17-21(18,19)12-4-2-3-11-13(12)16-20-15-11/h2-4,9-10,14,17H,5-8H2,1H3. The highest BCUT2D eigenvalue weighted by Crippen LogP contribution is 2.24. The lowest BCUT2D eigenvalue weighted by Gasteiger charge is -2.28. The molecule has 1 saturated carbocycles. The van der Waals surface area contributed by atoms with E-state index in [1.165, 1.54) is 0 Å². The van der Waals surface area contributed by atoms with Crippen LogP contribution in [0.25, 0.3) is 11.0 Å². The highest BCUT2D eigenvalue weighted by atomic mass is 32.2. The van der Waals surface area contributed by atoms with Gasteiger partial charge in [0.25, 0.3) is 0 Å². The molecule has 0 aliphatic heterocycles. The largest absolute Gasteiger partial charge is 0.317 e. The number of hydrogen-bond donors (Lipinski definition) is 2. The zero-order valence-corrected chi connectivity index (χ0v) is 13.4. The van der Waals surface area contributed by atoms with Crippen LogP contribution >= 0.6 is 11.7 Å². The number of nitrogens with one attached hydrogen (secondary N) is 2. The fourth-order valence-electron chi connectivity index (χ4n) is 2.78. The second kappa shape index (κ2) is 5.96. The van der Waals surface area contributed by atoms with Crippen LogP contribution in [-0.2, 0) is 10.0 Å². The van der Waals surface area contributed by atoms with Gasteiger partial charge in [0.2, 0.25) is 10.0 Å². The summed E-state index contributed by atoms with van der Waals surface area (Å²) in [5, 5.41) is 3.25. The van der Waals surface area contributed by atoms with Gasteiger partial charge in [-0.1, -0.05) is 6.07 Å². The summed E-state index contributed by atoms with van der Waals surface area (Å²) in [5.74, 6) is 0. The summed E-state index contributed by atoms with van der Waals surface area (Å²) in [6, 6.07) is 5.57. The van der Waals surface area contributed by atoms with Crippen LogP contribution in [0.4, 0.5) is 0 Å². The second-order valence-electron chi connectivity index (χ2n) is 5.35. The van der Waals surface area contributed by atoms with Gasteiger partial charge in [0.05, 0.1) is 11.7 Å². The number of rotatable bonds is 4. The van der Waals surface area contributed by atoms with Crippen LogP contribution in [0, 0.1) is 0 Å². The molecule has 0 amide bonds. The second-order valence-corrected chi connectivity index (χ2v) is 7.56. The molecule has 0 atom stereocenters. The Morgan fingerprint density at radius 2 is 1.86 bits per heavy atom. The number of nitrogens with zero attached hydrogens (tertiary/aromatic N) is 2. The summed E-state index contributed by atoms with van der Waals surface area (Å²) in [4.78, 5) is 0.226. The van der Waals surface area contributed by atoms with Gasteiger partial charge in [-0.05, 0) is 44.9 Å². The van der Waals surface area contributed by atoms with Gasteiger partial charge in [0, 0.05) is 12.1 Å². The van der Waals surface area contributed by atoms with Gasteiger partial charge in [0.15, 0.2) is 0 Å². The molecule has 2 aromatic rings. The first kappa shape index (κ1) is 14.8. The smallest absolute Gasteiger partial charge is 0.243 e. The molecule has 0 unspecified atom stereocenters. The highest BCUT2D eigenvalue weighted by Gasteiger charge is 2.26. The Morgan fingerprint density at radius 1 is 1.14 bits per heavy atom. The fourth-order valence-corrected chi connectivity index (χ4v) is 4.85. The predicted molar refractivity (Wildman–Crippen MR) is 82.8 cm³/mol. The Hall–Kier alpha value is -1.09. The molecule has 8 heteroatoms. The molecule has 0 radical (unpaired) electrons. The first-order valence-corrected chi connectivity index (χ1v) is 9.22. The van der Waals surface area contributed by atoms with Gasteiger partial charge in [-0.25, -0.2) is 13.1 Å². The molecule has 2 N–H and O–H groups in total. The van der Waals surface area contributed by atoms with Crippen molar-refractivity contribution in [3.8, 4) is 0 Å². The van der Waals surface area contributed by atoms with Gasteiger partial charge >= 0.3 is 0 Å². The van der Waals surface area contributed by atoms with Crippen LogP contribution in [0.15, 0.2) is 23.1 Å². The highest BCUT2D eigenvalue weighted by molar-refractivity contribution is 7.89. The van der Waals surface area contributed by atoms with E-state index in [-0.39, 0.29) is 10.9 Å². The summed E-state index contributed by atoms with van der Waals surface area (Å²) >= 11 is 1.03. The molecule has 1 aromatic carbocycles. The lowest BCUT2D eigenvalue weighted by Crippen LogP contribution is -2.41. The number of aromatic nitrogens is 2. The zero-order chi connectivity index (χ0) is 14.9. The normalized spacial score (nSPS) is 23.5. The van der Waals surface area contributed by atoms with Crippen molar-refractivity contribution < 1.29 is 8.42 Å². The molecule has 1 aromatic heterocycles. The van der Waals surface area contributed by atoms with Gasteiger partial charge < -0.3 is 5.32 Å². The minimum absolute atomic E-state index is 0.00134. The monoisotopic (exact) mass is 326 g/mol. The van der Waals surface area contributed by atoms with E-state index in [2.05, 4.69) is 18.8 Å². The molecule has 1 heterocycles. The molecule has 114 valence electrons. The molecule has 1 fully saturated rings. The van der Waals surface area contributed by atoms with E-state index in [9.17, 15) is 8.42 Å². The van der Waals surface area contributed by atoms with Gasteiger partial charge in [-0.3, -0.25) is 0 Å². The van der Waals surface area contributed by atoms with Crippen molar-refractivity contribution in [1.82, 2.24) is 18.8 Å². The van der Waals surface area contributed by atoms with Crippen LogP contribution in [0.1, 0.15) is 25.7 Å². The molecular weight excluding hydrogens is 308 g/mol. The predicted octanol–water partition coefficient (Wildman–Crippen LogP) is 1.50. The summed E-state index contributed by atoms with van der Waals surface area (Å²) in [5.41, 5.74) is 1.08. The Balaban J connectivity index is 1.80. The molecule has 21 heavy (non-hydrogen) atoms. The summed E-state index contributed by atoms with van der Waals surface area (Å²) < 4.78 is 36.2. The van der Waals surface area contributed by atoms with E-state index in [4.69, 9.17) is 0 Å². The average molecular weight is 326 g/mol. The Kier molecular flexibility index (Phi) is 4.21. The first-order chi connectivity index (χ1) is 10.1. The third-order valence-corrected chi connectivity index (χ3v) is 6.09. The van der Waals surface area contributed by atoms with Crippen molar-refractivity contribution in [1.29, 1.82) is 0 Å². The molecule has 0 bridgehead atoms. The quantitative estimate of drug-likeness (QED) is 0.889. The molecular formula is C13H18N4O2S2. The molecule has 1 aliphatic rings. The minimum Gasteiger partial charge on any atom is -0.317 e. The van der Waals surface area contributed by atoms with E-state index in [0.717, 1.165) is 37.4 Å². The van der Waals surface area contributed by atoms with Crippen LogP contribution in [0.5, 0.6) is 0 Å². The maximum absolute atomic E-state index is 12.6. The van der Waals surface area contributed by atoms with E-state index in [1.54, 1.807) is 18.2 Å². The molecule has 0 saturated heterocycles. The summed E-state index contributed by atoms with van der Waals surface area (Å²) in [6.07, 6.45) is 3.70. The molecule has 6 nitrogen and oxygen atoms in total. The maximum Gasteiger partial charge on any atom is 0.243 e.